The van der Waals surface area contributed by atoms with Crippen molar-refractivity contribution in [3.05, 3.63) is 0 Å². The van der Waals surface area contributed by atoms with E-state index in [1.807, 2.05) is 0 Å². The van der Waals surface area contributed by atoms with Crippen molar-refractivity contribution in [2.75, 3.05) is 19.6 Å². The molecule has 1 aliphatic rings. The number of hydrogen-bond donors (Lipinski definition) is 1. The Hall–Kier alpha value is -0.0800. The van der Waals surface area contributed by atoms with E-state index < -0.39 is 0 Å². The van der Waals surface area contributed by atoms with Gasteiger partial charge in [0.25, 0.3) is 0 Å². The maximum Gasteiger partial charge on any atom is 0.0266 e. The van der Waals surface area contributed by atoms with Crippen LogP contribution in [0.4, 0.5) is 0 Å². The fourth-order valence-corrected chi connectivity index (χ4v) is 3.25. The fourth-order valence-electron chi connectivity index (χ4n) is 3.25. The number of hydrogen-bond acceptors (Lipinski definition) is 2. The summed E-state index contributed by atoms with van der Waals surface area (Å²) >= 11 is 0. The Morgan fingerprint density at radius 3 is 2.47 bits per heavy atom. The molecule has 0 radical (unpaired) electrons. The van der Waals surface area contributed by atoms with Gasteiger partial charge >= 0.3 is 0 Å². The van der Waals surface area contributed by atoms with Gasteiger partial charge in [0.15, 0.2) is 0 Å². The van der Waals surface area contributed by atoms with Gasteiger partial charge in [-0.3, -0.25) is 4.90 Å². The molecule has 2 N–H and O–H groups in total. The van der Waals surface area contributed by atoms with Crippen LogP contribution in [0.1, 0.15) is 59.8 Å². The standard InChI is InChI=1S/C15H32N2/c1-5-7-13-8-6-10-17(11-9-13)14(12-16)15(2,3)4/h13-14H,5-12,16H2,1-4H3. The van der Waals surface area contributed by atoms with Crippen molar-refractivity contribution in [3.8, 4) is 0 Å². The smallest absolute Gasteiger partial charge is 0.0266 e. The molecule has 17 heavy (non-hydrogen) atoms. The Bertz CT molecular complexity index is 207. The molecule has 1 fully saturated rings. The van der Waals surface area contributed by atoms with Crippen LogP contribution in [0, 0.1) is 11.3 Å². The maximum absolute atomic E-state index is 5.99. The summed E-state index contributed by atoms with van der Waals surface area (Å²) in [4.78, 5) is 2.65. The van der Waals surface area contributed by atoms with E-state index in [-0.39, 0.29) is 0 Å². The predicted octanol–water partition coefficient (Wildman–Crippen LogP) is 3.26. The first-order valence-corrected chi connectivity index (χ1v) is 7.43. The zero-order valence-corrected chi connectivity index (χ0v) is 12.3. The SMILES string of the molecule is CCCC1CCCN(C(CN)C(C)(C)C)CC1. The van der Waals surface area contributed by atoms with Crippen molar-refractivity contribution in [1.82, 2.24) is 4.90 Å². The van der Waals surface area contributed by atoms with Gasteiger partial charge in [-0.05, 0) is 43.7 Å². The number of likely N-dealkylation sites (tertiary alicyclic amines) is 1. The van der Waals surface area contributed by atoms with Crippen LogP contribution < -0.4 is 5.73 Å². The lowest BCUT2D eigenvalue weighted by molar-refractivity contribution is 0.107. The van der Waals surface area contributed by atoms with Gasteiger partial charge in [-0.1, -0.05) is 40.5 Å². The summed E-state index contributed by atoms with van der Waals surface area (Å²) in [6.07, 6.45) is 6.91. The molecule has 1 saturated heterocycles. The van der Waals surface area contributed by atoms with Crippen molar-refractivity contribution < 1.29 is 0 Å². The van der Waals surface area contributed by atoms with Crippen LogP contribution in [0.15, 0.2) is 0 Å². The van der Waals surface area contributed by atoms with Crippen LogP contribution in [0.3, 0.4) is 0 Å². The van der Waals surface area contributed by atoms with E-state index in [1.54, 1.807) is 0 Å². The summed E-state index contributed by atoms with van der Waals surface area (Å²) in [5, 5.41) is 0. The summed E-state index contributed by atoms with van der Waals surface area (Å²) in [5.74, 6) is 0.961. The van der Waals surface area contributed by atoms with Gasteiger partial charge in [-0.15, -0.1) is 0 Å². The third-order valence-corrected chi connectivity index (χ3v) is 4.24. The highest BCUT2D eigenvalue weighted by Crippen LogP contribution is 2.28. The largest absolute Gasteiger partial charge is 0.329 e. The number of nitrogens with two attached hydrogens (primary N) is 1. The molecule has 2 heteroatoms. The highest BCUT2D eigenvalue weighted by molar-refractivity contribution is 4.85. The van der Waals surface area contributed by atoms with Crippen molar-refractivity contribution in [1.29, 1.82) is 0 Å². The minimum atomic E-state index is 0.305. The van der Waals surface area contributed by atoms with Gasteiger partial charge in [0, 0.05) is 12.6 Å². The molecule has 0 saturated carbocycles. The van der Waals surface area contributed by atoms with Crippen LogP contribution in [-0.2, 0) is 0 Å². The van der Waals surface area contributed by atoms with E-state index in [0.717, 1.165) is 12.5 Å². The summed E-state index contributed by atoms with van der Waals surface area (Å²) < 4.78 is 0. The van der Waals surface area contributed by atoms with Crippen molar-refractivity contribution in [3.63, 3.8) is 0 Å². The molecular weight excluding hydrogens is 208 g/mol. The second kappa shape index (κ2) is 6.75. The first-order valence-electron chi connectivity index (χ1n) is 7.43. The molecular formula is C15H32N2. The molecule has 0 spiro atoms. The number of nitrogens with zero attached hydrogens (tertiary/aromatic N) is 1. The van der Waals surface area contributed by atoms with Gasteiger partial charge in [-0.25, -0.2) is 0 Å². The monoisotopic (exact) mass is 240 g/mol. The molecule has 0 bridgehead atoms. The summed E-state index contributed by atoms with van der Waals surface area (Å²) in [6, 6.07) is 0.544. The third kappa shape index (κ3) is 4.59. The molecule has 1 heterocycles. The van der Waals surface area contributed by atoms with Crippen LogP contribution in [0.25, 0.3) is 0 Å². The summed E-state index contributed by atoms with van der Waals surface area (Å²) in [6.45, 7) is 12.6. The third-order valence-electron chi connectivity index (χ3n) is 4.24. The van der Waals surface area contributed by atoms with Gasteiger partial charge in [0.2, 0.25) is 0 Å². The molecule has 2 nitrogen and oxygen atoms in total. The van der Waals surface area contributed by atoms with Crippen LogP contribution in [0.5, 0.6) is 0 Å². The Morgan fingerprint density at radius 1 is 1.24 bits per heavy atom. The summed E-state index contributed by atoms with van der Waals surface area (Å²) in [5.41, 5.74) is 6.30. The molecule has 1 rings (SSSR count). The Balaban J connectivity index is 2.55. The first kappa shape index (κ1) is 15.0. The van der Waals surface area contributed by atoms with Crippen molar-refractivity contribution in [2.24, 2.45) is 17.1 Å². The van der Waals surface area contributed by atoms with E-state index in [2.05, 4.69) is 32.6 Å². The average molecular weight is 240 g/mol. The molecule has 1 aliphatic heterocycles. The van der Waals surface area contributed by atoms with Gasteiger partial charge in [0.1, 0.15) is 0 Å². The maximum atomic E-state index is 5.99. The van der Waals surface area contributed by atoms with Gasteiger partial charge in [0.05, 0.1) is 0 Å². The minimum absolute atomic E-state index is 0.305. The van der Waals surface area contributed by atoms with E-state index in [0.29, 0.717) is 11.5 Å². The van der Waals surface area contributed by atoms with Crippen LogP contribution in [0.2, 0.25) is 0 Å². The molecule has 0 amide bonds. The summed E-state index contributed by atoms with van der Waals surface area (Å²) in [7, 11) is 0. The van der Waals surface area contributed by atoms with Crippen LogP contribution >= 0.6 is 0 Å². The molecule has 2 unspecified atom stereocenters. The van der Waals surface area contributed by atoms with Crippen LogP contribution in [-0.4, -0.2) is 30.6 Å². The van der Waals surface area contributed by atoms with Gasteiger partial charge in [-0.2, -0.15) is 0 Å². The minimum Gasteiger partial charge on any atom is -0.329 e. The molecule has 0 aromatic heterocycles. The number of rotatable bonds is 4. The quantitative estimate of drug-likeness (QED) is 0.817. The fraction of sp³-hybridized carbons (Fsp3) is 1.00. The average Bonchev–Trinajstić information content (AvgIpc) is 2.44. The Morgan fingerprint density at radius 2 is 1.94 bits per heavy atom. The molecule has 0 aromatic carbocycles. The highest BCUT2D eigenvalue weighted by Gasteiger charge is 2.30. The van der Waals surface area contributed by atoms with E-state index in [9.17, 15) is 0 Å². The lowest BCUT2D eigenvalue weighted by atomic mass is 9.85. The topological polar surface area (TPSA) is 29.3 Å². The zero-order valence-electron chi connectivity index (χ0n) is 12.3. The first-order chi connectivity index (χ1) is 7.99. The molecule has 0 aliphatic carbocycles. The molecule has 102 valence electrons. The highest BCUT2D eigenvalue weighted by atomic mass is 15.2. The lowest BCUT2D eigenvalue weighted by Gasteiger charge is -2.39. The van der Waals surface area contributed by atoms with Crippen molar-refractivity contribution >= 4 is 0 Å². The lowest BCUT2D eigenvalue weighted by Crippen LogP contribution is -2.49. The Kier molecular flexibility index (Phi) is 5.94. The van der Waals surface area contributed by atoms with Gasteiger partial charge < -0.3 is 5.73 Å². The van der Waals surface area contributed by atoms with E-state index in [1.165, 1.54) is 45.2 Å². The normalized spacial score (nSPS) is 25.6. The second-order valence-electron chi connectivity index (χ2n) is 6.74. The van der Waals surface area contributed by atoms with Crippen molar-refractivity contribution in [2.45, 2.75) is 65.8 Å². The van der Waals surface area contributed by atoms with E-state index >= 15 is 0 Å². The predicted molar refractivity (Wildman–Crippen MR) is 76.1 cm³/mol. The zero-order chi connectivity index (χ0) is 12.9. The molecule has 0 aromatic rings. The Labute approximate surface area is 108 Å². The van der Waals surface area contributed by atoms with E-state index in [4.69, 9.17) is 5.73 Å². The molecule has 2 atom stereocenters. The second-order valence-corrected chi connectivity index (χ2v) is 6.74.